The van der Waals surface area contributed by atoms with Crippen molar-refractivity contribution < 1.29 is 0 Å². The van der Waals surface area contributed by atoms with Gasteiger partial charge < -0.3 is 5.32 Å². The number of anilines is 1. The fourth-order valence-electron chi connectivity index (χ4n) is 3.45. The predicted octanol–water partition coefficient (Wildman–Crippen LogP) is 1.83. The van der Waals surface area contributed by atoms with Crippen LogP contribution in [-0.4, -0.2) is 55.8 Å². The molecule has 7 heteroatoms. The average molecular weight is 303 g/mol. The lowest BCUT2D eigenvalue weighted by Crippen LogP contribution is -2.43. The second kappa shape index (κ2) is 7.00. The molecule has 0 aromatic carbocycles. The second-order valence-electron chi connectivity index (χ2n) is 6.01. The smallest absolute Gasteiger partial charge is 0.200 e. The quantitative estimate of drug-likeness (QED) is 0.841. The number of hydrogen-bond donors (Lipinski definition) is 1. The van der Waals surface area contributed by atoms with Crippen molar-refractivity contribution in [1.29, 1.82) is 0 Å². The number of rotatable bonds is 7. The van der Waals surface area contributed by atoms with Crippen molar-refractivity contribution in [2.24, 2.45) is 5.92 Å². The minimum Gasteiger partial charge on any atom is -0.367 e. The third-order valence-electron chi connectivity index (χ3n) is 4.76. The number of hydrogen-bond acceptors (Lipinski definition) is 6. The van der Waals surface area contributed by atoms with Crippen LogP contribution in [0.3, 0.4) is 0 Å². The summed E-state index contributed by atoms with van der Waals surface area (Å²) in [5.74, 6) is 1.55. The third-order valence-corrected chi connectivity index (χ3v) is 4.76. The number of tetrazole rings is 1. The molecule has 3 rings (SSSR count). The molecule has 1 atom stereocenters. The van der Waals surface area contributed by atoms with Crippen LogP contribution in [0.2, 0.25) is 0 Å². The van der Waals surface area contributed by atoms with Crippen LogP contribution in [0.1, 0.15) is 39.5 Å². The van der Waals surface area contributed by atoms with Crippen molar-refractivity contribution in [1.82, 2.24) is 30.2 Å². The highest BCUT2D eigenvalue weighted by molar-refractivity contribution is 5.42. The van der Waals surface area contributed by atoms with E-state index in [1.165, 1.54) is 43.4 Å². The first-order valence-corrected chi connectivity index (χ1v) is 8.35. The number of nitrogens with one attached hydrogen (secondary N) is 1. The molecule has 1 fully saturated rings. The van der Waals surface area contributed by atoms with Gasteiger partial charge in [-0.2, -0.15) is 0 Å². The SMILES string of the molecule is CCC(CC)[C@@H](CNc1ccc2nnnn2n1)N1CCCC1. The molecule has 1 aliphatic rings. The van der Waals surface area contributed by atoms with E-state index in [1.807, 2.05) is 12.1 Å². The van der Waals surface area contributed by atoms with Crippen LogP contribution in [0, 0.1) is 5.92 Å². The van der Waals surface area contributed by atoms with E-state index in [4.69, 9.17) is 0 Å². The minimum atomic E-state index is 0.573. The van der Waals surface area contributed by atoms with Crippen LogP contribution in [-0.2, 0) is 0 Å². The molecule has 0 radical (unpaired) electrons. The highest BCUT2D eigenvalue weighted by Crippen LogP contribution is 2.23. The molecule has 0 saturated carbocycles. The van der Waals surface area contributed by atoms with E-state index in [0.29, 0.717) is 11.7 Å². The van der Waals surface area contributed by atoms with Crippen LogP contribution in [0.15, 0.2) is 12.1 Å². The van der Waals surface area contributed by atoms with E-state index < -0.39 is 0 Å². The molecular weight excluding hydrogens is 278 g/mol. The molecule has 0 unspecified atom stereocenters. The van der Waals surface area contributed by atoms with Gasteiger partial charge >= 0.3 is 0 Å². The molecule has 0 bridgehead atoms. The van der Waals surface area contributed by atoms with E-state index in [2.05, 4.69) is 44.7 Å². The Balaban J connectivity index is 1.69. The topological polar surface area (TPSA) is 71.2 Å². The van der Waals surface area contributed by atoms with Gasteiger partial charge in [-0.1, -0.05) is 26.7 Å². The summed E-state index contributed by atoms with van der Waals surface area (Å²) in [6.45, 7) is 7.96. The van der Waals surface area contributed by atoms with Gasteiger partial charge in [0.1, 0.15) is 5.82 Å². The van der Waals surface area contributed by atoms with Gasteiger partial charge in [-0.05, 0) is 54.4 Å². The van der Waals surface area contributed by atoms with Crippen molar-refractivity contribution in [2.75, 3.05) is 25.0 Å². The number of likely N-dealkylation sites (tertiary alicyclic amines) is 1. The van der Waals surface area contributed by atoms with Crippen molar-refractivity contribution in [2.45, 2.75) is 45.6 Å². The molecule has 3 heterocycles. The van der Waals surface area contributed by atoms with E-state index in [9.17, 15) is 0 Å². The molecule has 2 aromatic heterocycles. The number of fused-ring (bicyclic) bond motifs is 1. The van der Waals surface area contributed by atoms with E-state index >= 15 is 0 Å². The summed E-state index contributed by atoms with van der Waals surface area (Å²) in [5.41, 5.74) is 0.668. The zero-order valence-electron chi connectivity index (χ0n) is 13.4. The van der Waals surface area contributed by atoms with Gasteiger partial charge in [-0.3, -0.25) is 4.90 Å². The van der Waals surface area contributed by atoms with E-state index in [-0.39, 0.29) is 0 Å². The fraction of sp³-hybridized carbons (Fsp3) is 0.733. The summed E-state index contributed by atoms with van der Waals surface area (Å²) in [6, 6.07) is 4.40. The molecule has 2 aromatic rings. The second-order valence-corrected chi connectivity index (χ2v) is 6.01. The maximum absolute atomic E-state index is 4.40. The van der Waals surface area contributed by atoms with Crippen LogP contribution >= 0.6 is 0 Å². The van der Waals surface area contributed by atoms with Crippen LogP contribution in [0.5, 0.6) is 0 Å². The zero-order valence-corrected chi connectivity index (χ0v) is 13.4. The van der Waals surface area contributed by atoms with Crippen molar-refractivity contribution in [3.8, 4) is 0 Å². The van der Waals surface area contributed by atoms with Crippen molar-refractivity contribution >= 4 is 11.5 Å². The first kappa shape index (κ1) is 15.1. The monoisotopic (exact) mass is 303 g/mol. The lowest BCUT2D eigenvalue weighted by atomic mass is 9.93. The molecule has 7 nitrogen and oxygen atoms in total. The van der Waals surface area contributed by atoms with Gasteiger partial charge in [-0.15, -0.1) is 14.8 Å². The molecular formula is C15H25N7. The maximum atomic E-state index is 4.40. The third kappa shape index (κ3) is 3.19. The first-order valence-electron chi connectivity index (χ1n) is 8.35. The minimum absolute atomic E-state index is 0.573. The van der Waals surface area contributed by atoms with Gasteiger partial charge in [-0.25, -0.2) is 0 Å². The Morgan fingerprint density at radius 1 is 1.18 bits per heavy atom. The molecule has 0 amide bonds. The Morgan fingerprint density at radius 2 is 1.95 bits per heavy atom. The zero-order chi connectivity index (χ0) is 15.4. The van der Waals surface area contributed by atoms with Gasteiger partial charge in [0.2, 0.25) is 0 Å². The van der Waals surface area contributed by atoms with E-state index in [1.54, 1.807) is 0 Å². The Morgan fingerprint density at radius 3 is 2.68 bits per heavy atom. The van der Waals surface area contributed by atoms with Crippen LogP contribution in [0.4, 0.5) is 5.82 Å². The summed E-state index contributed by atoms with van der Waals surface area (Å²) < 4.78 is 1.46. The average Bonchev–Trinajstić information content (AvgIpc) is 3.22. The maximum Gasteiger partial charge on any atom is 0.200 e. The Labute approximate surface area is 131 Å². The molecule has 1 saturated heterocycles. The summed E-state index contributed by atoms with van der Waals surface area (Å²) >= 11 is 0. The molecule has 1 N–H and O–H groups in total. The normalized spacial score (nSPS) is 17.4. The van der Waals surface area contributed by atoms with E-state index in [0.717, 1.165) is 18.3 Å². The van der Waals surface area contributed by atoms with Crippen LogP contribution in [0.25, 0.3) is 5.65 Å². The summed E-state index contributed by atoms with van der Waals surface area (Å²) in [4.78, 5) is 2.64. The summed E-state index contributed by atoms with van der Waals surface area (Å²) in [7, 11) is 0. The number of nitrogens with zero attached hydrogens (tertiary/aromatic N) is 6. The van der Waals surface area contributed by atoms with Gasteiger partial charge in [0.25, 0.3) is 0 Å². The Kier molecular flexibility index (Phi) is 4.82. The largest absolute Gasteiger partial charge is 0.367 e. The van der Waals surface area contributed by atoms with Gasteiger partial charge in [0.05, 0.1) is 0 Å². The molecule has 0 spiro atoms. The lowest BCUT2D eigenvalue weighted by Gasteiger charge is -2.34. The molecule has 1 aliphatic heterocycles. The van der Waals surface area contributed by atoms with Crippen LogP contribution < -0.4 is 5.32 Å². The summed E-state index contributed by atoms with van der Waals surface area (Å²) in [5, 5.41) is 19.2. The highest BCUT2D eigenvalue weighted by Gasteiger charge is 2.27. The van der Waals surface area contributed by atoms with Gasteiger partial charge in [0.15, 0.2) is 5.65 Å². The number of aromatic nitrogens is 5. The molecule has 120 valence electrons. The molecule has 22 heavy (non-hydrogen) atoms. The summed E-state index contributed by atoms with van der Waals surface area (Å²) in [6.07, 6.45) is 5.09. The lowest BCUT2D eigenvalue weighted by molar-refractivity contribution is 0.175. The first-order chi connectivity index (χ1) is 10.8. The van der Waals surface area contributed by atoms with Crippen molar-refractivity contribution in [3.05, 3.63) is 12.1 Å². The Bertz CT molecular complexity index is 584. The fourth-order valence-corrected chi connectivity index (χ4v) is 3.45. The Hall–Kier alpha value is -1.76. The standard InChI is InChI=1S/C15H25N7/c1-3-12(4-2)13(21-9-5-6-10-21)11-16-14-7-8-15-17-19-20-22(15)18-14/h7-8,12-13H,3-6,9-11H2,1-2H3,(H,16,18)/t13-/m1/s1. The van der Waals surface area contributed by atoms with Crippen molar-refractivity contribution in [3.63, 3.8) is 0 Å². The van der Waals surface area contributed by atoms with Gasteiger partial charge in [0, 0.05) is 12.6 Å². The highest BCUT2D eigenvalue weighted by atomic mass is 15.6. The molecule has 0 aliphatic carbocycles. The predicted molar refractivity (Wildman–Crippen MR) is 85.7 cm³/mol.